The summed E-state index contributed by atoms with van der Waals surface area (Å²) < 4.78 is 0. The molecule has 0 amide bonds. The maximum Gasteiger partial charge on any atom is 0.183 e. The third-order valence-corrected chi connectivity index (χ3v) is 4.68. The molecule has 0 unspecified atom stereocenters. The van der Waals surface area contributed by atoms with Crippen molar-refractivity contribution in [3.63, 3.8) is 0 Å². The van der Waals surface area contributed by atoms with Gasteiger partial charge in [0.25, 0.3) is 0 Å². The highest BCUT2D eigenvalue weighted by Crippen LogP contribution is 2.34. The average Bonchev–Trinajstić information content (AvgIpc) is 3.20. The Morgan fingerprint density at radius 2 is 1.91 bits per heavy atom. The van der Waals surface area contributed by atoms with Crippen LogP contribution in [0.1, 0.15) is 22.9 Å². The Hall–Kier alpha value is -2.66. The standard InChI is InChI=1S/C18H16N4S/c1-12-16(14-4-2-3-5-15(14)21-12)17(13-6-8-19-9-7-13)22-18-20-10-11-23-18/h2-11,17,21H,1H3,(H,20,22)/t17-/m1/s1. The van der Waals surface area contributed by atoms with E-state index in [1.807, 2.05) is 36.1 Å². The van der Waals surface area contributed by atoms with Crippen LogP contribution in [-0.4, -0.2) is 15.0 Å². The van der Waals surface area contributed by atoms with Crippen LogP contribution in [0.3, 0.4) is 0 Å². The SMILES string of the molecule is Cc1[nH]c2ccccc2c1[C@H](Nc1nccs1)c1ccncc1. The number of hydrogen-bond donors (Lipinski definition) is 2. The van der Waals surface area contributed by atoms with E-state index in [4.69, 9.17) is 0 Å². The monoisotopic (exact) mass is 320 g/mol. The number of aromatic amines is 1. The summed E-state index contributed by atoms with van der Waals surface area (Å²) in [5.74, 6) is 0. The number of benzene rings is 1. The molecule has 4 aromatic rings. The van der Waals surface area contributed by atoms with Crippen molar-refractivity contribution in [3.8, 4) is 0 Å². The van der Waals surface area contributed by atoms with Gasteiger partial charge in [-0.05, 0) is 30.7 Å². The third-order valence-electron chi connectivity index (χ3n) is 3.97. The number of nitrogens with one attached hydrogen (secondary N) is 2. The summed E-state index contributed by atoms with van der Waals surface area (Å²) in [5.41, 5.74) is 4.74. The van der Waals surface area contributed by atoms with Crippen molar-refractivity contribution in [1.29, 1.82) is 0 Å². The Balaban J connectivity index is 1.88. The molecule has 0 saturated heterocycles. The Bertz CT molecular complexity index is 913. The minimum absolute atomic E-state index is 0.0281. The number of fused-ring (bicyclic) bond motifs is 1. The van der Waals surface area contributed by atoms with E-state index in [-0.39, 0.29) is 6.04 Å². The molecule has 0 fully saturated rings. The van der Waals surface area contributed by atoms with E-state index in [1.165, 1.54) is 16.5 Å². The first-order chi connectivity index (χ1) is 11.3. The summed E-state index contributed by atoms with van der Waals surface area (Å²) >= 11 is 1.61. The Kier molecular flexibility index (Phi) is 3.55. The van der Waals surface area contributed by atoms with E-state index in [0.717, 1.165) is 16.3 Å². The fourth-order valence-corrected chi connectivity index (χ4v) is 3.52. The van der Waals surface area contributed by atoms with Gasteiger partial charge in [-0.3, -0.25) is 4.98 Å². The van der Waals surface area contributed by atoms with Gasteiger partial charge < -0.3 is 10.3 Å². The fraction of sp³-hybridized carbons (Fsp3) is 0.111. The second kappa shape index (κ2) is 5.85. The lowest BCUT2D eigenvalue weighted by Crippen LogP contribution is -2.13. The number of aryl methyl sites for hydroxylation is 1. The lowest BCUT2D eigenvalue weighted by atomic mass is 9.97. The molecule has 0 radical (unpaired) electrons. The van der Waals surface area contributed by atoms with E-state index in [1.54, 1.807) is 11.3 Å². The van der Waals surface area contributed by atoms with Crippen LogP contribution in [0.25, 0.3) is 10.9 Å². The van der Waals surface area contributed by atoms with Crippen LogP contribution >= 0.6 is 11.3 Å². The number of nitrogens with zero attached hydrogens (tertiary/aromatic N) is 2. The average molecular weight is 320 g/mol. The normalized spacial score (nSPS) is 12.4. The van der Waals surface area contributed by atoms with Crippen molar-refractivity contribution in [2.45, 2.75) is 13.0 Å². The highest BCUT2D eigenvalue weighted by molar-refractivity contribution is 7.13. The second-order valence-electron chi connectivity index (χ2n) is 5.40. The van der Waals surface area contributed by atoms with Gasteiger partial charge in [0.05, 0.1) is 6.04 Å². The molecule has 1 aromatic carbocycles. The summed E-state index contributed by atoms with van der Waals surface area (Å²) in [6, 6.07) is 12.5. The minimum atomic E-state index is 0.0281. The summed E-state index contributed by atoms with van der Waals surface area (Å²) in [7, 11) is 0. The van der Waals surface area contributed by atoms with Crippen LogP contribution in [0.2, 0.25) is 0 Å². The number of hydrogen-bond acceptors (Lipinski definition) is 4. The largest absolute Gasteiger partial charge is 0.358 e. The van der Waals surface area contributed by atoms with Gasteiger partial charge in [0.2, 0.25) is 0 Å². The zero-order valence-electron chi connectivity index (χ0n) is 12.7. The van der Waals surface area contributed by atoms with Crippen molar-refractivity contribution >= 4 is 27.4 Å². The second-order valence-corrected chi connectivity index (χ2v) is 6.30. The van der Waals surface area contributed by atoms with E-state index >= 15 is 0 Å². The third kappa shape index (κ3) is 2.59. The molecule has 3 aromatic heterocycles. The summed E-state index contributed by atoms with van der Waals surface area (Å²) in [6.07, 6.45) is 5.48. The molecule has 3 heterocycles. The molecule has 114 valence electrons. The molecule has 0 aliphatic carbocycles. The number of thiazole rings is 1. The van der Waals surface area contributed by atoms with E-state index in [0.29, 0.717) is 0 Å². The summed E-state index contributed by atoms with van der Waals surface area (Å²) in [6.45, 7) is 2.12. The highest BCUT2D eigenvalue weighted by atomic mass is 32.1. The first-order valence-electron chi connectivity index (χ1n) is 7.46. The molecule has 4 nitrogen and oxygen atoms in total. The van der Waals surface area contributed by atoms with Gasteiger partial charge in [0, 0.05) is 46.1 Å². The maximum absolute atomic E-state index is 4.38. The zero-order chi connectivity index (χ0) is 15.6. The molecule has 4 rings (SSSR count). The van der Waals surface area contributed by atoms with Gasteiger partial charge in [-0.15, -0.1) is 11.3 Å². The fourth-order valence-electron chi connectivity index (χ4n) is 2.97. The van der Waals surface area contributed by atoms with Crippen molar-refractivity contribution in [2.75, 3.05) is 5.32 Å². The molecular formula is C18H16N4S. The molecule has 1 atom stereocenters. The number of para-hydroxylation sites is 1. The van der Waals surface area contributed by atoms with Crippen LogP contribution in [0.15, 0.2) is 60.4 Å². The first kappa shape index (κ1) is 14.0. The van der Waals surface area contributed by atoms with Crippen molar-refractivity contribution in [2.24, 2.45) is 0 Å². The Labute approximate surface area is 138 Å². The molecule has 0 aliphatic heterocycles. The summed E-state index contributed by atoms with van der Waals surface area (Å²) in [4.78, 5) is 12.0. The lowest BCUT2D eigenvalue weighted by molar-refractivity contribution is 0.925. The van der Waals surface area contributed by atoms with Crippen molar-refractivity contribution in [3.05, 3.63) is 77.2 Å². The Morgan fingerprint density at radius 1 is 1.09 bits per heavy atom. The Morgan fingerprint density at radius 3 is 2.70 bits per heavy atom. The molecule has 0 saturated carbocycles. The van der Waals surface area contributed by atoms with Crippen molar-refractivity contribution < 1.29 is 0 Å². The van der Waals surface area contributed by atoms with Gasteiger partial charge in [-0.25, -0.2) is 4.98 Å². The molecule has 0 spiro atoms. The quantitative estimate of drug-likeness (QED) is 0.581. The smallest absolute Gasteiger partial charge is 0.183 e. The molecule has 5 heteroatoms. The summed E-state index contributed by atoms with van der Waals surface area (Å²) in [5, 5.41) is 7.70. The van der Waals surface area contributed by atoms with E-state index in [9.17, 15) is 0 Å². The topological polar surface area (TPSA) is 53.6 Å². The van der Waals surface area contributed by atoms with E-state index in [2.05, 4.69) is 51.5 Å². The highest BCUT2D eigenvalue weighted by Gasteiger charge is 2.21. The molecular weight excluding hydrogens is 304 g/mol. The van der Waals surface area contributed by atoms with Gasteiger partial charge >= 0.3 is 0 Å². The predicted octanol–water partition coefficient (Wildman–Crippen LogP) is 4.53. The van der Waals surface area contributed by atoms with Gasteiger partial charge in [0.1, 0.15) is 0 Å². The van der Waals surface area contributed by atoms with Crippen LogP contribution in [0.5, 0.6) is 0 Å². The minimum Gasteiger partial charge on any atom is -0.358 e. The van der Waals surface area contributed by atoms with Gasteiger partial charge in [-0.2, -0.15) is 0 Å². The molecule has 0 aliphatic rings. The predicted molar refractivity (Wildman–Crippen MR) is 94.9 cm³/mol. The number of H-pyrrole nitrogens is 1. The van der Waals surface area contributed by atoms with Crippen LogP contribution < -0.4 is 5.32 Å². The number of anilines is 1. The zero-order valence-corrected chi connectivity index (χ0v) is 13.5. The number of pyridine rings is 1. The number of aromatic nitrogens is 3. The molecule has 23 heavy (non-hydrogen) atoms. The number of rotatable bonds is 4. The van der Waals surface area contributed by atoms with Gasteiger partial charge in [-0.1, -0.05) is 18.2 Å². The first-order valence-corrected chi connectivity index (χ1v) is 8.34. The van der Waals surface area contributed by atoms with Gasteiger partial charge in [0.15, 0.2) is 5.13 Å². The maximum atomic E-state index is 4.38. The molecule has 0 bridgehead atoms. The molecule has 2 N–H and O–H groups in total. The van der Waals surface area contributed by atoms with Crippen LogP contribution in [0.4, 0.5) is 5.13 Å². The lowest BCUT2D eigenvalue weighted by Gasteiger charge is -2.19. The van der Waals surface area contributed by atoms with Crippen LogP contribution in [0, 0.1) is 6.92 Å². The van der Waals surface area contributed by atoms with Crippen molar-refractivity contribution in [1.82, 2.24) is 15.0 Å². The van der Waals surface area contributed by atoms with E-state index < -0.39 is 0 Å². The van der Waals surface area contributed by atoms with Crippen LogP contribution in [-0.2, 0) is 0 Å².